The second-order valence-corrected chi connectivity index (χ2v) is 6.87. The highest BCUT2D eigenvalue weighted by Gasteiger charge is 2.19. The molecule has 6 nitrogen and oxygen atoms in total. The minimum atomic E-state index is -0.166. The molecular formula is C22H26N3O3+. The van der Waals surface area contributed by atoms with Gasteiger partial charge in [-0.1, -0.05) is 30.3 Å². The first-order valence-corrected chi connectivity index (χ1v) is 9.38. The molecule has 1 heterocycles. The number of amides is 2. The molecule has 146 valence electrons. The Labute approximate surface area is 165 Å². The largest absolute Gasteiger partial charge is 0.495 e. The SMILES string of the molecule is COc1ccc(NC(C)=O)cc1NC(=O)C[NH+]1CC=C(c2ccccc2)CC1. The van der Waals surface area contributed by atoms with Gasteiger partial charge in [0.1, 0.15) is 5.75 Å². The summed E-state index contributed by atoms with van der Waals surface area (Å²) in [6.45, 7) is 3.56. The number of carbonyl (C=O) groups excluding carboxylic acids is 2. The highest BCUT2D eigenvalue weighted by molar-refractivity contribution is 5.95. The summed E-state index contributed by atoms with van der Waals surface area (Å²) in [5.74, 6) is 0.313. The molecule has 0 spiro atoms. The van der Waals surface area contributed by atoms with E-state index >= 15 is 0 Å². The van der Waals surface area contributed by atoms with Crippen molar-refractivity contribution in [2.24, 2.45) is 0 Å². The Morgan fingerprint density at radius 1 is 1.11 bits per heavy atom. The fraction of sp³-hybridized carbons (Fsp3) is 0.273. The minimum Gasteiger partial charge on any atom is -0.495 e. The third-order valence-electron chi connectivity index (χ3n) is 4.73. The van der Waals surface area contributed by atoms with Crippen LogP contribution in [0.2, 0.25) is 0 Å². The molecule has 2 aromatic rings. The molecule has 2 aromatic carbocycles. The number of methoxy groups -OCH3 is 1. The van der Waals surface area contributed by atoms with Gasteiger partial charge in [-0.2, -0.15) is 0 Å². The maximum absolute atomic E-state index is 12.5. The Bertz CT molecular complexity index is 878. The Hall–Kier alpha value is -3.12. The van der Waals surface area contributed by atoms with Gasteiger partial charge in [0.05, 0.1) is 25.9 Å². The minimum absolute atomic E-state index is 0.0789. The maximum atomic E-state index is 12.5. The summed E-state index contributed by atoms with van der Waals surface area (Å²) in [5, 5.41) is 5.62. The number of rotatable bonds is 6. The van der Waals surface area contributed by atoms with Crippen LogP contribution in [0, 0.1) is 0 Å². The van der Waals surface area contributed by atoms with E-state index in [1.807, 2.05) is 18.2 Å². The van der Waals surface area contributed by atoms with Crippen LogP contribution in [0.4, 0.5) is 11.4 Å². The number of quaternary nitrogens is 1. The van der Waals surface area contributed by atoms with E-state index in [2.05, 4.69) is 28.8 Å². The summed E-state index contributed by atoms with van der Waals surface area (Å²) in [7, 11) is 1.55. The van der Waals surface area contributed by atoms with E-state index in [1.54, 1.807) is 25.3 Å². The Morgan fingerprint density at radius 3 is 2.54 bits per heavy atom. The predicted molar refractivity (Wildman–Crippen MR) is 111 cm³/mol. The third kappa shape index (κ3) is 5.20. The molecule has 1 unspecified atom stereocenters. The number of carbonyl (C=O) groups is 2. The molecule has 0 aliphatic carbocycles. The Morgan fingerprint density at radius 2 is 1.89 bits per heavy atom. The molecule has 28 heavy (non-hydrogen) atoms. The van der Waals surface area contributed by atoms with Crippen LogP contribution in [0.5, 0.6) is 5.75 Å². The van der Waals surface area contributed by atoms with Crippen molar-refractivity contribution in [3.8, 4) is 5.75 Å². The fourth-order valence-corrected chi connectivity index (χ4v) is 3.37. The summed E-state index contributed by atoms with van der Waals surface area (Å²) in [6, 6.07) is 15.5. The molecule has 1 atom stereocenters. The van der Waals surface area contributed by atoms with Crippen LogP contribution in [0.25, 0.3) is 5.57 Å². The monoisotopic (exact) mass is 380 g/mol. The fourth-order valence-electron chi connectivity index (χ4n) is 3.37. The second kappa shape index (κ2) is 9.19. The van der Waals surface area contributed by atoms with Gasteiger partial charge in [-0.3, -0.25) is 9.59 Å². The van der Waals surface area contributed by atoms with Crippen LogP contribution < -0.4 is 20.3 Å². The molecule has 3 rings (SSSR count). The number of hydrogen-bond donors (Lipinski definition) is 3. The average Bonchev–Trinajstić information content (AvgIpc) is 2.69. The summed E-state index contributed by atoms with van der Waals surface area (Å²) in [5.41, 5.74) is 3.76. The Balaban J connectivity index is 1.60. The van der Waals surface area contributed by atoms with E-state index in [9.17, 15) is 9.59 Å². The summed E-state index contributed by atoms with van der Waals surface area (Å²) in [6.07, 6.45) is 3.17. The number of benzene rings is 2. The molecule has 0 radical (unpaired) electrons. The molecule has 6 heteroatoms. The molecular weight excluding hydrogens is 354 g/mol. The van der Waals surface area contributed by atoms with Gasteiger partial charge in [0.2, 0.25) is 5.91 Å². The van der Waals surface area contributed by atoms with Gasteiger partial charge in [0, 0.05) is 19.0 Å². The molecule has 3 N–H and O–H groups in total. The van der Waals surface area contributed by atoms with Crippen molar-refractivity contribution in [1.29, 1.82) is 0 Å². The lowest BCUT2D eigenvalue weighted by Crippen LogP contribution is -3.13. The van der Waals surface area contributed by atoms with Gasteiger partial charge in [0.25, 0.3) is 5.91 Å². The maximum Gasteiger partial charge on any atom is 0.279 e. The van der Waals surface area contributed by atoms with E-state index in [0.717, 1.165) is 19.5 Å². The smallest absolute Gasteiger partial charge is 0.279 e. The molecule has 0 aromatic heterocycles. The zero-order valence-corrected chi connectivity index (χ0v) is 16.2. The molecule has 2 amide bonds. The van der Waals surface area contributed by atoms with Crippen LogP contribution in [0.1, 0.15) is 18.9 Å². The Kier molecular flexibility index (Phi) is 6.45. The molecule has 0 bridgehead atoms. The zero-order chi connectivity index (χ0) is 19.9. The van der Waals surface area contributed by atoms with Crippen molar-refractivity contribution >= 4 is 28.8 Å². The van der Waals surface area contributed by atoms with E-state index < -0.39 is 0 Å². The van der Waals surface area contributed by atoms with Crippen molar-refractivity contribution in [3.05, 3.63) is 60.2 Å². The molecule has 0 saturated carbocycles. The van der Waals surface area contributed by atoms with Gasteiger partial charge >= 0.3 is 0 Å². The number of nitrogens with one attached hydrogen (secondary N) is 3. The second-order valence-electron chi connectivity index (χ2n) is 6.87. The highest BCUT2D eigenvalue weighted by Crippen LogP contribution is 2.27. The lowest BCUT2D eigenvalue weighted by atomic mass is 10.00. The van der Waals surface area contributed by atoms with Crippen LogP contribution in [-0.4, -0.2) is 38.6 Å². The first kappa shape index (κ1) is 19.6. The van der Waals surface area contributed by atoms with Crippen LogP contribution in [0.15, 0.2) is 54.6 Å². The lowest BCUT2D eigenvalue weighted by molar-refractivity contribution is -0.886. The molecule has 1 aliphatic heterocycles. The van der Waals surface area contributed by atoms with Crippen molar-refractivity contribution in [1.82, 2.24) is 0 Å². The van der Waals surface area contributed by atoms with Crippen LogP contribution in [-0.2, 0) is 9.59 Å². The van der Waals surface area contributed by atoms with Crippen LogP contribution in [0.3, 0.4) is 0 Å². The number of hydrogen-bond acceptors (Lipinski definition) is 3. The summed E-state index contributed by atoms with van der Waals surface area (Å²) in [4.78, 5) is 25.0. The quantitative estimate of drug-likeness (QED) is 0.717. The average molecular weight is 380 g/mol. The van der Waals surface area contributed by atoms with E-state index in [-0.39, 0.29) is 11.8 Å². The van der Waals surface area contributed by atoms with Crippen LogP contribution >= 0.6 is 0 Å². The normalized spacial score (nSPS) is 16.1. The lowest BCUT2D eigenvalue weighted by Gasteiger charge is -2.23. The highest BCUT2D eigenvalue weighted by atomic mass is 16.5. The van der Waals surface area contributed by atoms with E-state index in [1.165, 1.54) is 23.0 Å². The first-order chi connectivity index (χ1) is 13.5. The van der Waals surface area contributed by atoms with Gasteiger partial charge in [-0.15, -0.1) is 0 Å². The topological polar surface area (TPSA) is 71.9 Å². The predicted octanol–water partition coefficient (Wildman–Crippen LogP) is 1.96. The molecule has 1 aliphatic rings. The molecule has 0 fully saturated rings. The summed E-state index contributed by atoms with van der Waals surface area (Å²) < 4.78 is 5.32. The van der Waals surface area contributed by atoms with Gasteiger partial charge in [-0.05, 0) is 35.4 Å². The van der Waals surface area contributed by atoms with Gasteiger partial charge < -0.3 is 20.3 Å². The van der Waals surface area contributed by atoms with Crippen molar-refractivity contribution in [2.45, 2.75) is 13.3 Å². The van der Waals surface area contributed by atoms with Gasteiger partial charge in [-0.25, -0.2) is 0 Å². The first-order valence-electron chi connectivity index (χ1n) is 9.38. The molecule has 0 saturated heterocycles. The number of anilines is 2. The standard InChI is InChI=1S/C22H25N3O3/c1-16(26)23-19-8-9-21(28-2)20(14-19)24-22(27)15-25-12-10-18(11-13-25)17-6-4-3-5-7-17/h3-10,14H,11-13,15H2,1-2H3,(H,23,26)(H,24,27)/p+1. The summed E-state index contributed by atoms with van der Waals surface area (Å²) >= 11 is 0. The van der Waals surface area contributed by atoms with E-state index in [4.69, 9.17) is 4.74 Å². The zero-order valence-electron chi connectivity index (χ0n) is 16.2. The van der Waals surface area contributed by atoms with Gasteiger partial charge in [0.15, 0.2) is 6.54 Å². The van der Waals surface area contributed by atoms with E-state index in [0.29, 0.717) is 23.7 Å². The third-order valence-corrected chi connectivity index (χ3v) is 4.73. The van der Waals surface area contributed by atoms with Crippen molar-refractivity contribution < 1.29 is 19.2 Å². The van der Waals surface area contributed by atoms with Crippen molar-refractivity contribution in [2.75, 3.05) is 37.4 Å². The number of ether oxygens (including phenoxy) is 1. The van der Waals surface area contributed by atoms with Crippen molar-refractivity contribution in [3.63, 3.8) is 0 Å².